The van der Waals surface area contributed by atoms with Crippen molar-refractivity contribution >= 4 is 27.0 Å². The maximum Gasteiger partial charge on any atom is 0.134 e. The molecule has 29 heavy (non-hydrogen) atoms. The Morgan fingerprint density at radius 3 is 2.59 bits per heavy atom. The largest absolute Gasteiger partial charge is 0.488 e. The van der Waals surface area contributed by atoms with E-state index in [1.165, 1.54) is 5.56 Å². The summed E-state index contributed by atoms with van der Waals surface area (Å²) < 4.78 is 6.90. The lowest BCUT2D eigenvalue weighted by Gasteiger charge is -2.10. The number of nitrogens with one attached hydrogen (secondary N) is 2. The van der Waals surface area contributed by atoms with Gasteiger partial charge in [0.1, 0.15) is 18.2 Å². The number of ether oxygens (including phenoxy) is 1. The molecule has 3 aromatic carbocycles. The summed E-state index contributed by atoms with van der Waals surface area (Å²) >= 11 is 3.63. The molecule has 0 aliphatic heterocycles. The number of nitrogens with zero attached hydrogens (tertiary/aromatic N) is 1. The smallest absolute Gasteiger partial charge is 0.134 e. The van der Waals surface area contributed by atoms with Crippen molar-refractivity contribution in [2.24, 2.45) is 0 Å². The monoisotopic (exact) mass is 449 g/mol. The number of aromatic nitrogens is 2. The average Bonchev–Trinajstić information content (AvgIpc) is 3.16. The second kappa shape index (κ2) is 9.72. The minimum Gasteiger partial charge on any atom is -0.488 e. The van der Waals surface area contributed by atoms with Crippen molar-refractivity contribution in [2.75, 3.05) is 6.54 Å². The number of hydrogen-bond donors (Lipinski definition) is 2. The highest BCUT2D eigenvalue weighted by Gasteiger charge is 2.04. The molecular formula is C24H24BrN3O. The van der Waals surface area contributed by atoms with Crippen molar-refractivity contribution in [3.05, 3.63) is 94.2 Å². The summed E-state index contributed by atoms with van der Waals surface area (Å²) in [7, 11) is 0. The Hall–Kier alpha value is -2.63. The Bertz CT molecular complexity index is 1030. The summed E-state index contributed by atoms with van der Waals surface area (Å²) in [6.07, 6.45) is 1.98. The number of imidazole rings is 1. The predicted octanol–water partition coefficient (Wildman–Crippen LogP) is 5.63. The van der Waals surface area contributed by atoms with Crippen LogP contribution < -0.4 is 10.1 Å². The maximum atomic E-state index is 5.92. The number of aromatic amines is 1. The van der Waals surface area contributed by atoms with E-state index in [0.717, 1.165) is 58.6 Å². The van der Waals surface area contributed by atoms with E-state index in [4.69, 9.17) is 4.74 Å². The van der Waals surface area contributed by atoms with Crippen molar-refractivity contribution in [1.29, 1.82) is 0 Å². The van der Waals surface area contributed by atoms with Crippen LogP contribution in [0.15, 0.2) is 77.3 Å². The summed E-state index contributed by atoms with van der Waals surface area (Å²) in [6.45, 7) is 2.34. The van der Waals surface area contributed by atoms with Crippen LogP contribution in [0.4, 0.5) is 0 Å². The van der Waals surface area contributed by atoms with E-state index < -0.39 is 0 Å². The molecule has 0 spiro atoms. The molecule has 148 valence electrons. The Morgan fingerprint density at radius 1 is 0.931 bits per heavy atom. The Kier molecular flexibility index (Phi) is 6.60. The molecular weight excluding hydrogens is 426 g/mol. The first-order valence-corrected chi connectivity index (χ1v) is 10.7. The van der Waals surface area contributed by atoms with Crippen LogP contribution in [0.5, 0.6) is 5.75 Å². The number of benzene rings is 3. The van der Waals surface area contributed by atoms with Crippen LogP contribution in [0, 0.1) is 0 Å². The molecule has 0 unspecified atom stereocenters. The molecule has 0 fully saturated rings. The summed E-state index contributed by atoms with van der Waals surface area (Å²) in [6, 6.07) is 24.6. The van der Waals surface area contributed by atoms with Crippen molar-refractivity contribution in [3.63, 3.8) is 0 Å². The van der Waals surface area contributed by atoms with E-state index >= 15 is 0 Å². The molecule has 0 radical (unpaired) electrons. The van der Waals surface area contributed by atoms with E-state index in [-0.39, 0.29) is 0 Å². The van der Waals surface area contributed by atoms with Gasteiger partial charge in [0, 0.05) is 13.0 Å². The van der Waals surface area contributed by atoms with Crippen molar-refractivity contribution < 1.29 is 4.74 Å². The number of hydrogen-bond acceptors (Lipinski definition) is 3. The van der Waals surface area contributed by atoms with E-state index in [9.17, 15) is 0 Å². The fraction of sp³-hybridized carbons (Fsp3) is 0.208. The standard InChI is InChI=1S/C24H24BrN3O/c25-20-15-19(12-13-23(20)29-17-18-7-2-1-3-8-18)16-26-14-6-11-24-27-21-9-4-5-10-22(21)28-24/h1-5,7-10,12-13,15,26H,6,11,14,16-17H2,(H,27,28). The molecule has 0 aliphatic rings. The van der Waals surface area contributed by atoms with Crippen molar-refractivity contribution in [1.82, 2.24) is 15.3 Å². The summed E-state index contributed by atoms with van der Waals surface area (Å²) in [5.74, 6) is 1.91. The lowest BCUT2D eigenvalue weighted by molar-refractivity contribution is 0.304. The van der Waals surface area contributed by atoms with Gasteiger partial charge in [0.05, 0.1) is 15.5 Å². The molecule has 0 saturated heterocycles. The van der Waals surface area contributed by atoms with E-state index in [1.807, 2.05) is 42.5 Å². The third-order valence-electron chi connectivity index (χ3n) is 4.77. The molecule has 1 aromatic heterocycles. The van der Waals surface area contributed by atoms with Crippen LogP contribution in [-0.4, -0.2) is 16.5 Å². The Morgan fingerprint density at radius 2 is 1.76 bits per heavy atom. The second-order valence-corrected chi connectivity index (χ2v) is 7.87. The van der Waals surface area contributed by atoms with Gasteiger partial charge in [0.15, 0.2) is 0 Å². The highest BCUT2D eigenvalue weighted by Crippen LogP contribution is 2.26. The average molecular weight is 450 g/mol. The summed E-state index contributed by atoms with van der Waals surface area (Å²) in [5, 5.41) is 3.51. The highest BCUT2D eigenvalue weighted by molar-refractivity contribution is 9.10. The van der Waals surface area contributed by atoms with Crippen molar-refractivity contribution in [2.45, 2.75) is 26.0 Å². The van der Waals surface area contributed by atoms with Crippen LogP contribution in [0.25, 0.3) is 11.0 Å². The van der Waals surface area contributed by atoms with Crippen LogP contribution in [-0.2, 0) is 19.6 Å². The normalized spacial score (nSPS) is 11.1. The highest BCUT2D eigenvalue weighted by atomic mass is 79.9. The summed E-state index contributed by atoms with van der Waals surface area (Å²) in [5.41, 5.74) is 4.53. The SMILES string of the molecule is Brc1cc(CNCCCc2nc3ccccc3[nH]2)ccc1OCc1ccccc1. The zero-order valence-corrected chi connectivity index (χ0v) is 17.8. The van der Waals surface area contributed by atoms with E-state index in [0.29, 0.717) is 6.61 Å². The van der Waals surface area contributed by atoms with Gasteiger partial charge < -0.3 is 15.0 Å². The molecule has 4 nitrogen and oxygen atoms in total. The number of halogens is 1. The number of fused-ring (bicyclic) bond motifs is 1. The first-order valence-electron chi connectivity index (χ1n) is 9.87. The van der Waals surface area contributed by atoms with Crippen molar-refractivity contribution in [3.8, 4) is 5.75 Å². The first kappa shape index (κ1) is 19.7. The van der Waals surface area contributed by atoms with E-state index in [2.05, 4.69) is 61.5 Å². The van der Waals surface area contributed by atoms with Gasteiger partial charge in [0.25, 0.3) is 0 Å². The molecule has 5 heteroatoms. The van der Waals surface area contributed by atoms with Gasteiger partial charge in [0.2, 0.25) is 0 Å². The molecule has 1 heterocycles. The number of rotatable bonds is 9. The van der Waals surface area contributed by atoms with Gasteiger partial charge in [-0.1, -0.05) is 48.5 Å². The molecule has 4 rings (SSSR count). The minimum absolute atomic E-state index is 0.568. The topological polar surface area (TPSA) is 49.9 Å². The molecule has 0 saturated carbocycles. The fourth-order valence-corrected chi connectivity index (χ4v) is 3.78. The Balaban J connectivity index is 1.21. The Labute approximate surface area is 179 Å². The zero-order chi connectivity index (χ0) is 19.9. The third-order valence-corrected chi connectivity index (χ3v) is 5.39. The van der Waals surface area contributed by atoms with Gasteiger partial charge in [-0.25, -0.2) is 4.98 Å². The summed E-state index contributed by atoms with van der Waals surface area (Å²) in [4.78, 5) is 8.01. The van der Waals surface area contributed by atoms with Gasteiger partial charge in [-0.05, 0) is 64.3 Å². The number of para-hydroxylation sites is 2. The third kappa shape index (κ3) is 5.46. The first-order chi connectivity index (χ1) is 14.3. The molecule has 0 aliphatic carbocycles. The number of H-pyrrole nitrogens is 1. The van der Waals surface area contributed by atoms with Crippen LogP contribution in [0.3, 0.4) is 0 Å². The second-order valence-electron chi connectivity index (χ2n) is 7.02. The fourth-order valence-electron chi connectivity index (χ4n) is 3.24. The minimum atomic E-state index is 0.568. The van der Waals surface area contributed by atoms with Gasteiger partial charge in [-0.15, -0.1) is 0 Å². The van der Waals surface area contributed by atoms with Gasteiger partial charge in [-0.3, -0.25) is 0 Å². The number of aryl methyl sites for hydroxylation is 1. The van der Waals surface area contributed by atoms with Crippen LogP contribution >= 0.6 is 15.9 Å². The molecule has 0 bridgehead atoms. The quantitative estimate of drug-likeness (QED) is 0.325. The van der Waals surface area contributed by atoms with Crippen LogP contribution in [0.2, 0.25) is 0 Å². The molecule has 2 N–H and O–H groups in total. The van der Waals surface area contributed by atoms with Crippen LogP contribution in [0.1, 0.15) is 23.4 Å². The zero-order valence-electron chi connectivity index (χ0n) is 16.2. The lowest BCUT2D eigenvalue weighted by Crippen LogP contribution is -2.15. The predicted molar refractivity (Wildman–Crippen MR) is 121 cm³/mol. The maximum absolute atomic E-state index is 5.92. The van der Waals surface area contributed by atoms with Gasteiger partial charge in [-0.2, -0.15) is 0 Å². The van der Waals surface area contributed by atoms with E-state index in [1.54, 1.807) is 0 Å². The molecule has 0 amide bonds. The lowest BCUT2D eigenvalue weighted by atomic mass is 10.2. The molecule has 0 atom stereocenters. The van der Waals surface area contributed by atoms with Gasteiger partial charge >= 0.3 is 0 Å². The molecule has 4 aromatic rings.